The highest BCUT2D eigenvalue weighted by atomic mass is 79.9. The van der Waals surface area contributed by atoms with Crippen LogP contribution in [0.4, 0.5) is 16.0 Å². The predicted octanol–water partition coefficient (Wildman–Crippen LogP) is 3.37. The van der Waals surface area contributed by atoms with Gasteiger partial charge in [0.1, 0.15) is 5.82 Å². The van der Waals surface area contributed by atoms with Gasteiger partial charge in [-0.25, -0.2) is 14.4 Å². The molecule has 21 heavy (non-hydrogen) atoms. The zero-order valence-electron chi connectivity index (χ0n) is 11.6. The number of carbonyl (C=O) groups is 1. The van der Waals surface area contributed by atoms with Crippen LogP contribution < -0.4 is 10.6 Å². The molecule has 7 heteroatoms. The Morgan fingerprint density at radius 3 is 2.81 bits per heavy atom. The van der Waals surface area contributed by atoms with Gasteiger partial charge in [0.15, 0.2) is 11.6 Å². The Hall–Kier alpha value is -2.02. The lowest BCUT2D eigenvalue weighted by Crippen LogP contribution is -2.16. The molecule has 0 saturated heterocycles. The van der Waals surface area contributed by atoms with Crippen LogP contribution in [0.25, 0.3) is 0 Å². The van der Waals surface area contributed by atoms with Crippen molar-refractivity contribution in [3.8, 4) is 0 Å². The predicted molar refractivity (Wildman–Crippen MR) is 83.0 cm³/mol. The van der Waals surface area contributed by atoms with E-state index in [0.29, 0.717) is 12.4 Å². The largest absolute Gasteiger partial charge is 0.368 e. The average Bonchev–Trinajstić information content (AvgIpc) is 2.45. The van der Waals surface area contributed by atoms with Crippen LogP contribution in [-0.4, -0.2) is 22.4 Å². The first-order chi connectivity index (χ1) is 10.0. The molecule has 1 amide bonds. The summed E-state index contributed by atoms with van der Waals surface area (Å²) in [4.78, 5) is 20.2. The summed E-state index contributed by atoms with van der Waals surface area (Å²) in [5, 5.41) is 5.33. The lowest BCUT2D eigenvalue weighted by Gasteiger charge is -2.09. The number of aryl methyl sites for hydroxylation is 1. The average molecular weight is 353 g/mol. The summed E-state index contributed by atoms with van der Waals surface area (Å²) in [6, 6.07) is 4.74. The lowest BCUT2D eigenvalue weighted by molar-refractivity contribution is 0.102. The molecule has 0 aromatic carbocycles. The van der Waals surface area contributed by atoms with E-state index in [1.165, 1.54) is 12.3 Å². The quantitative estimate of drug-likeness (QED) is 0.885. The van der Waals surface area contributed by atoms with Gasteiger partial charge in [-0.05, 0) is 48.0 Å². The highest BCUT2D eigenvalue weighted by molar-refractivity contribution is 9.10. The molecule has 2 rings (SSSR count). The van der Waals surface area contributed by atoms with Gasteiger partial charge in [-0.2, -0.15) is 0 Å². The van der Waals surface area contributed by atoms with Crippen LogP contribution in [0.5, 0.6) is 0 Å². The normalized spacial score (nSPS) is 10.3. The number of hydrogen-bond acceptors (Lipinski definition) is 4. The van der Waals surface area contributed by atoms with Gasteiger partial charge in [-0.3, -0.25) is 4.79 Å². The minimum absolute atomic E-state index is 0.0603. The van der Waals surface area contributed by atoms with Gasteiger partial charge in [-0.1, -0.05) is 0 Å². The maximum absolute atomic E-state index is 14.1. The van der Waals surface area contributed by atoms with Gasteiger partial charge in [0.25, 0.3) is 5.91 Å². The minimum Gasteiger partial charge on any atom is -0.368 e. The molecule has 0 spiro atoms. The molecule has 0 saturated carbocycles. The third-order valence-electron chi connectivity index (χ3n) is 2.74. The van der Waals surface area contributed by atoms with Crippen molar-refractivity contribution in [2.75, 3.05) is 17.2 Å². The number of halogens is 2. The van der Waals surface area contributed by atoms with Crippen molar-refractivity contribution in [3.05, 3.63) is 45.9 Å². The minimum atomic E-state index is -0.675. The maximum Gasteiger partial charge on any atom is 0.259 e. The SMILES string of the molecule is CCNc1nccc(C(=O)Nc2ccc(Br)c(C)n2)c1F. The zero-order chi connectivity index (χ0) is 15.4. The summed E-state index contributed by atoms with van der Waals surface area (Å²) in [7, 11) is 0. The van der Waals surface area contributed by atoms with Gasteiger partial charge in [0, 0.05) is 17.2 Å². The highest BCUT2D eigenvalue weighted by Gasteiger charge is 2.16. The fourth-order valence-electron chi connectivity index (χ4n) is 1.71. The lowest BCUT2D eigenvalue weighted by atomic mass is 10.2. The van der Waals surface area contributed by atoms with Crippen molar-refractivity contribution >= 4 is 33.5 Å². The third kappa shape index (κ3) is 3.55. The summed E-state index contributed by atoms with van der Waals surface area (Å²) >= 11 is 3.33. The zero-order valence-corrected chi connectivity index (χ0v) is 13.2. The van der Waals surface area contributed by atoms with Gasteiger partial charge in [0.2, 0.25) is 0 Å². The van der Waals surface area contributed by atoms with Gasteiger partial charge >= 0.3 is 0 Å². The topological polar surface area (TPSA) is 66.9 Å². The second-order valence-corrected chi connectivity index (χ2v) is 5.12. The monoisotopic (exact) mass is 352 g/mol. The highest BCUT2D eigenvalue weighted by Crippen LogP contribution is 2.19. The van der Waals surface area contributed by atoms with Crippen molar-refractivity contribution in [1.82, 2.24) is 9.97 Å². The molecular weight excluding hydrogens is 339 g/mol. The third-order valence-corrected chi connectivity index (χ3v) is 3.58. The number of carbonyl (C=O) groups excluding carboxylic acids is 1. The second kappa shape index (κ2) is 6.62. The molecule has 2 aromatic heterocycles. The van der Waals surface area contributed by atoms with Crippen LogP contribution in [0.2, 0.25) is 0 Å². The molecule has 2 aromatic rings. The van der Waals surface area contributed by atoms with Gasteiger partial charge < -0.3 is 10.6 Å². The number of rotatable bonds is 4. The summed E-state index contributed by atoms with van der Waals surface area (Å²) in [5.74, 6) is -0.819. The van der Waals surface area contributed by atoms with Crippen LogP contribution in [0, 0.1) is 12.7 Å². The Bertz CT molecular complexity index is 678. The van der Waals surface area contributed by atoms with E-state index in [1.54, 1.807) is 19.1 Å². The molecule has 0 aliphatic rings. The van der Waals surface area contributed by atoms with Crippen molar-refractivity contribution in [3.63, 3.8) is 0 Å². The Kier molecular flexibility index (Phi) is 4.85. The number of nitrogens with zero attached hydrogens (tertiary/aromatic N) is 2. The molecule has 0 atom stereocenters. The van der Waals surface area contributed by atoms with E-state index in [1.807, 2.05) is 6.92 Å². The molecule has 110 valence electrons. The number of aromatic nitrogens is 2. The van der Waals surface area contributed by atoms with Crippen LogP contribution in [-0.2, 0) is 0 Å². The maximum atomic E-state index is 14.1. The van der Waals surface area contributed by atoms with Crippen molar-refractivity contribution in [1.29, 1.82) is 0 Å². The molecule has 5 nitrogen and oxygen atoms in total. The van der Waals surface area contributed by atoms with Crippen LogP contribution in [0.15, 0.2) is 28.9 Å². The standard InChI is InChI=1S/C14H14BrFN4O/c1-3-17-13-12(16)9(6-7-18-13)14(21)20-11-5-4-10(15)8(2)19-11/h4-7H,3H2,1-2H3,(H,17,18)(H,19,20,21). The van der Waals surface area contributed by atoms with Gasteiger partial charge in [-0.15, -0.1) is 0 Å². The van der Waals surface area contributed by atoms with E-state index in [2.05, 4.69) is 36.5 Å². The van der Waals surface area contributed by atoms with E-state index in [0.717, 1.165) is 10.2 Å². The molecule has 0 radical (unpaired) electrons. The molecule has 0 aliphatic heterocycles. The number of pyridine rings is 2. The number of nitrogens with one attached hydrogen (secondary N) is 2. The van der Waals surface area contributed by atoms with Gasteiger partial charge in [0.05, 0.1) is 11.3 Å². The molecular formula is C14H14BrFN4O. The van der Waals surface area contributed by atoms with Crippen molar-refractivity contribution in [2.45, 2.75) is 13.8 Å². The molecule has 2 heterocycles. The first-order valence-corrected chi connectivity index (χ1v) is 7.15. The van der Waals surface area contributed by atoms with E-state index in [4.69, 9.17) is 0 Å². The molecule has 0 aliphatic carbocycles. The summed E-state index contributed by atoms with van der Waals surface area (Å²) in [6.45, 7) is 4.14. The Labute approximate surface area is 130 Å². The summed E-state index contributed by atoms with van der Waals surface area (Å²) in [6.07, 6.45) is 1.39. The summed E-state index contributed by atoms with van der Waals surface area (Å²) < 4.78 is 15.0. The van der Waals surface area contributed by atoms with E-state index >= 15 is 0 Å². The fourth-order valence-corrected chi connectivity index (χ4v) is 1.93. The smallest absolute Gasteiger partial charge is 0.259 e. The van der Waals surface area contributed by atoms with Crippen LogP contribution in [0.1, 0.15) is 23.0 Å². The Morgan fingerprint density at radius 2 is 2.14 bits per heavy atom. The Morgan fingerprint density at radius 1 is 1.38 bits per heavy atom. The van der Waals surface area contributed by atoms with E-state index in [9.17, 15) is 9.18 Å². The number of amides is 1. The second-order valence-electron chi connectivity index (χ2n) is 4.27. The molecule has 0 fully saturated rings. The van der Waals surface area contributed by atoms with Crippen LogP contribution >= 0.6 is 15.9 Å². The first-order valence-electron chi connectivity index (χ1n) is 6.35. The molecule has 2 N–H and O–H groups in total. The Balaban J connectivity index is 2.24. The van der Waals surface area contributed by atoms with E-state index in [-0.39, 0.29) is 11.4 Å². The first kappa shape index (κ1) is 15.4. The number of hydrogen-bond donors (Lipinski definition) is 2. The van der Waals surface area contributed by atoms with Crippen molar-refractivity contribution in [2.24, 2.45) is 0 Å². The van der Waals surface area contributed by atoms with Crippen molar-refractivity contribution < 1.29 is 9.18 Å². The molecule has 0 bridgehead atoms. The van der Waals surface area contributed by atoms with Crippen LogP contribution in [0.3, 0.4) is 0 Å². The van der Waals surface area contributed by atoms with E-state index < -0.39 is 11.7 Å². The summed E-state index contributed by atoms with van der Waals surface area (Å²) in [5.41, 5.74) is 0.652. The fraction of sp³-hybridized carbons (Fsp3) is 0.214. The number of anilines is 2. The molecule has 0 unspecified atom stereocenters.